The first kappa shape index (κ1) is 16.4. The molecular formula is C16H24N2O4. The van der Waals surface area contributed by atoms with Crippen LogP contribution in [0.15, 0.2) is 18.2 Å². The largest absolute Gasteiger partial charge is 0.508 e. The molecule has 0 aromatic heterocycles. The quantitative estimate of drug-likeness (QED) is 0.877. The number of carbonyl (C=O) groups excluding carboxylic acids is 1. The number of methoxy groups -OCH3 is 1. The van der Waals surface area contributed by atoms with Gasteiger partial charge in [-0.05, 0) is 39.0 Å². The first-order valence-electron chi connectivity index (χ1n) is 7.38. The van der Waals surface area contributed by atoms with Crippen LogP contribution in [-0.2, 0) is 4.74 Å². The SMILES string of the molecule is COc1ccc(O)c(C2CN(C(=O)OC(C)(C)C)CCN2)c1. The second kappa shape index (κ2) is 6.44. The van der Waals surface area contributed by atoms with E-state index in [0.29, 0.717) is 30.9 Å². The Hall–Kier alpha value is -1.95. The van der Waals surface area contributed by atoms with Crippen molar-refractivity contribution in [3.8, 4) is 11.5 Å². The summed E-state index contributed by atoms with van der Waals surface area (Å²) in [5.74, 6) is 0.855. The molecule has 1 aromatic carbocycles. The second-order valence-electron chi connectivity index (χ2n) is 6.36. The van der Waals surface area contributed by atoms with E-state index in [9.17, 15) is 9.90 Å². The van der Waals surface area contributed by atoms with Crippen LogP contribution in [0.3, 0.4) is 0 Å². The molecule has 122 valence electrons. The van der Waals surface area contributed by atoms with E-state index < -0.39 is 5.60 Å². The standard InChI is InChI=1S/C16H24N2O4/c1-16(2,3)22-15(20)18-8-7-17-13(10-18)12-9-11(21-4)5-6-14(12)19/h5-6,9,13,17,19H,7-8,10H2,1-4H3. The molecule has 1 fully saturated rings. The molecule has 2 rings (SSSR count). The molecule has 6 nitrogen and oxygen atoms in total. The molecule has 0 spiro atoms. The molecule has 1 aromatic rings. The molecule has 1 aliphatic heterocycles. The summed E-state index contributed by atoms with van der Waals surface area (Å²) in [5.41, 5.74) is 0.197. The third kappa shape index (κ3) is 4.04. The van der Waals surface area contributed by atoms with Crippen LogP contribution in [0.5, 0.6) is 11.5 Å². The van der Waals surface area contributed by atoms with E-state index in [1.54, 1.807) is 30.2 Å². The monoisotopic (exact) mass is 308 g/mol. The maximum absolute atomic E-state index is 12.2. The summed E-state index contributed by atoms with van der Waals surface area (Å²) in [4.78, 5) is 13.8. The average molecular weight is 308 g/mol. The highest BCUT2D eigenvalue weighted by Gasteiger charge is 2.29. The van der Waals surface area contributed by atoms with Gasteiger partial charge in [0, 0.05) is 25.2 Å². The summed E-state index contributed by atoms with van der Waals surface area (Å²) in [6.07, 6.45) is -0.332. The second-order valence-corrected chi connectivity index (χ2v) is 6.36. The van der Waals surface area contributed by atoms with Gasteiger partial charge in [0.05, 0.1) is 13.2 Å². The molecule has 0 aliphatic carbocycles. The van der Waals surface area contributed by atoms with Crippen LogP contribution in [0.2, 0.25) is 0 Å². The number of phenols is 1. The maximum atomic E-state index is 12.2. The minimum atomic E-state index is -0.518. The predicted molar refractivity (Wildman–Crippen MR) is 83.2 cm³/mol. The van der Waals surface area contributed by atoms with Crippen molar-refractivity contribution in [2.24, 2.45) is 0 Å². The van der Waals surface area contributed by atoms with Crippen molar-refractivity contribution in [3.63, 3.8) is 0 Å². The van der Waals surface area contributed by atoms with Gasteiger partial charge in [-0.1, -0.05) is 0 Å². The Kier molecular flexibility index (Phi) is 4.81. The van der Waals surface area contributed by atoms with Gasteiger partial charge in [-0.25, -0.2) is 4.79 Å². The predicted octanol–water partition coefficient (Wildman–Crippen LogP) is 2.28. The van der Waals surface area contributed by atoms with Gasteiger partial charge in [0.25, 0.3) is 0 Å². The van der Waals surface area contributed by atoms with Crippen molar-refractivity contribution in [2.75, 3.05) is 26.7 Å². The normalized spacial score (nSPS) is 18.9. The fourth-order valence-electron chi connectivity index (χ4n) is 2.39. The summed E-state index contributed by atoms with van der Waals surface area (Å²) in [7, 11) is 1.58. The molecule has 1 aliphatic rings. The number of amides is 1. The van der Waals surface area contributed by atoms with E-state index in [0.717, 1.165) is 0 Å². The summed E-state index contributed by atoms with van der Waals surface area (Å²) in [5, 5.41) is 13.4. The number of carbonyl (C=O) groups is 1. The van der Waals surface area contributed by atoms with Gasteiger partial charge < -0.3 is 24.8 Å². The lowest BCUT2D eigenvalue weighted by Gasteiger charge is -2.35. The van der Waals surface area contributed by atoms with Gasteiger partial charge >= 0.3 is 6.09 Å². The van der Waals surface area contributed by atoms with Crippen molar-refractivity contribution in [3.05, 3.63) is 23.8 Å². The Labute approximate surface area is 131 Å². The Balaban J connectivity index is 2.12. The maximum Gasteiger partial charge on any atom is 0.410 e. The van der Waals surface area contributed by atoms with E-state index in [-0.39, 0.29) is 17.9 Å². The molecule has 0 saturated carbocycles. The number of nitrogens with zero attached hydrogens (tertiary/aromatic N) is 1. The van der Waals surface area contributed by atoms with Crippen molar-refractivity contribution < 1.29 is 19.4 Å². The Morgan fingerprint density at radius 3 is 2.77 bits per heavy atom. The number of phenolic OH excluding ortho intramolecular Hbond substituents is 1. The van der Waals surface area contributed by atoms with Crippen LogP contribution < -0.4 is 10.1 Å². The number of aromatic hydroxyl groups is 1. The molecule has 2 N–H and O–H groups in total. The smallest absolute Gasteiger partial charge is 0.410 e. The van der Waals surface area contributed by atoms with Crippen molar-refractivity contribution in [2.45, 2.75) is 32.4 Å². The summed E-state index contributed by atoms with van der Waals surface area (Å²) in [6, 6.07) is 4.93. The molecule has 1 atom stereocenters. The molecule has 22 heavy (non-hydrogen) atoms. The van der Waals surface area contributed by atoms with Crippen molar-refractivity contribution >= 4 is 6.09 Å². The summed E-state index contributed by atoms with van der Waals surface area (Å²) in [6.45, 7) is 7.20. The molecule has 1 heterocycles. The number of hydrogen-bond donors (Lipinski definition) is 2. The topological polar surface area (TPSA) is 71.0 Å². The zero-order valence-electron chi connectivity index (χ0n) is 13.5. The van der Waals surface area contributed by atoms with Crippen LogP contribution >= 0.6 is 0 Å². The number of ether oxygens (including phenoxy) is 2. The lowest BCUT2D eigenvalue weighted by molar-refractivity contribution is 0.0194. The fraction of sp³-hybridized carbons (Fsp3) is 0.562. The number of hydrogen-bond acceptors (Lipinski definition) is 5. The minimum absolute atomic E-state index is 0.156. The molecule has 0 bridgehead atoms. The summed E-state index contributed by atoms with van der Waals surface area (Å²) < 4.78 is 10.6. The van der Waals surface area contributed by atoms with Gasteiger partial charge in [-0.3, -0.25) is 0 Å². The van der Waals surface area contributed by atoms with Crippen molar-refractivity contribution in [1.29, 1.82) is 0 Å². The minimum Gasteiger partial charge on any atom is -0.508 e. The molecule has 1 unspecified atom stereocenters. The highest BCUT2D eigenvalue weighted by molar-refractivity contribution is 5.68. The van der Waals surface area contributed by atoms with Gasteiger partial charge in [-0.2, -0.15) is 0 Å². The third-order valence-electron chi connectivity index (χ3n) is 3.44. The molecule has 6 heteroatoms. The molecule has 0 radical (unpaired) electrons. The number of rotatable bonds is 2. The highest BCUT2D eigenvalue weighted by atomic mass is 16.6. The van der Waals surface area contributed by atoms with Gasteiger partial charge in [-0.15, -0.1) is 0 Å². The van der Waals surface area contributed by atoms with Gasteiger partial charge in [0.1, 0.15) is 17.1 Å². The zero-order chi connectivity index (χ0) is 16.3. The molecule has 1 saturated heterocycles. The van der Waals surface area contributed by atoms with Crippen LogP contribution in [0, 0.1) is 0 Å². The number of nitrogens with one attached hydrogen (secondary N) is 1. The number of benzene rings is 1. The fourth-order valence-corrected chi connectivity index (χ4v) is 2.39. The first-order valence-corrected chi connectivity index (χ1v) is 7.38. The van der Waals surface area contributed by atoms with E-state index >= 15 is 0 Å². The van der Waals surface area contributed by atoms with E-state index in [4.69, 9.17) is 9.47 Å². The highest BCUT2D eigenvalue weighted by Crippen LogP contribution is 2.30. The molecular weight excluding hydrogens is 284 g/mol. The van der Waals surface area contributed by atoms with E-state index in [1.807, 2.05) is 20.8 Å². The van der Waals surface area contributed by atoms with Crippen LogP contribution in [0.25, 0.3) is 0 Å². The Bertz CT molecular complexity index is 539. The average Bonchev–Trinajstić information content (AvgIpc) is 2.46. The molecule has 1 amide bonds. The number of piperazine rings is 1. The van der Waals surface area contributed by atoms with Crippen LogP contribution in [-0.4, -0.2) is 48.4 Å². The summed E-state index contributed by atoms with van der Waals surface area (Å²) >= 11 is 0. The van der Waals surface area contributed by atoms with Gasteiger partial charge in [0.2, 0.25) is 0 Å². The zero-order valence-corrected chi connectivity index (χ0v) is 13.5. The lowest BCUT2D eigenvalue weighted by atomic mass is 10.0. The Morgan fingerprint density at radius 2 is 2.14 bits per heavy atom. The van der Waals surface area contributed by atoms with Crippen LogP contribution in [0.4, 0.5) is 4.79 Å². The van der Waals surface area contributed by atoms with Crippen molar-refractivity contribution in [1.82, 2.24) is 10.2 Å². The van der Waals surface area contributed by atoms with E-state index in [2.05, 4.69) is 5.32 Å². The van der Waals surface area contributed by atoms with E-state index in [1.165, 1.54) is 0 Å². The third-order valence-corrected chi connectivity index (χ3v) is 3.44. The Morgan fingerprint density at radius 1 is 1.41 bits per heavy atom. The lowest BCUT2D eigenvalue weighted by Crippen LogP contribution is -2.49. The van der Waals surface area contributed by atoms with Crippen LogP contribution in [0.1, 0.15) is 32.4 Å². The first-order chi connectivity index (χ1) is 10.3. The van der Waals surface area contributed by atoms with Gasteiger partial charge in [0.15, 0.2) is 0 Å².